The summed E-state index contributed by atoms with van der Waals surface area (Å²) in [6.45, 7) is 7.36. The molecule has 2 N–H and O–H groups in total. The van der Waals surface area contributed by atoms with Crippen LogP contribution in [-0.2, 0) is 10.0 Å². The van der Waals surface area contributed by atoms with Gasteiger partial charge in [-0.25, -0.2) is 18.1 Å². The van der Waals surface area contributed by atoms with Crippen LogP contribution in [0.2, 0.25) is 0 Å². The number of rotatable bonds is 6. The highest BCUT2D eigenvalue weighted by molar-refractivity contribution is 7.89. The molecule has 0 radical (unpaired) electrons. The Hall–Kier alpha value is -1.14. The Labute approximate surface area is 114 Å². The third kappa shape index (κ3) is 3.25. The average Bonchev–Trinajstić information content (AvgIpc) is 2.96. The van der Waals surface area contributed by atoms with E-state index in [2.05, 4.69) is 28.9 Å². The summed E-state index contributed by atoms with van der Waals surface area (Å²) < 4.78 is 27.2. The van der Waals surface area contributed by atoms with Crippen molar-refractivity contribution in [2.75, 3.05) is 18.4 Å². The Morgan fingerprint density at radius 3 is 2.74 bits per heavy atom. The van der Waals surface area contributed by atoms with Gasteiger partial charge in [0.25, 0.3) is 10.0 Å². The molecule has 0 saturated heterocycles. The summed E-state index contributed by atoms with van der Waals surface area (Å²) in [5, 5.41) is 3.10. The number of nitrogens with zero attached hydrogens (tertiary/aromatic N) is 1. The second-order valence-corrected chi connectivity index (χ2v) is 7.31. The van der Waals surface area contributed by atoms with Crippen LogP contribution in [-0.4, -0.2) is 26.5 Å². The van der Waals surface area contributed by atoms with Crippen molar-refractivity contribution >= 4 is 15.7 Å². The molecule has 1 heterocycles. The quantitative estimate of drug-likeness (QED) is 0.835. The van der Waals surface area contributed by atoms with Crippen molar-refractivity contribution in [3.8, 4) is 0 Å². The lowest BCUT2D eigenvalue weighted by atomic mass is 10.1. The minimum Gasteiger partial charge on any atom is -0.383 e. The smallest absolute Gasteiger partial charge is 0.260 e. The van der Waals surface area contributed by atoms with Crippen LogP contribution in [0.5, 0.6) is 0 Å². The largest absolute Gasteiger partial charge is 0.383 e. The molecule has 1 aromatic rings. The van der Waals surface area contributed by atoms with E-state index in [1.165, 1.54) is 6.20 Å². The second kappa shape index (κ2) is 5.09. The third-order valence-electron chi connectivity index (χ3n) is 3.63. The maximum Gasteiger partial charge on any atom is 0.260 e. The van der Waals surface area contributed by atoms with Gasteiger partial charge in [0.2, 0.25) is 0 Å². The first kappa shape index (κ1) is 14.3. The molecule has 5 nitrogen and oxygen atoms in total. The van der Waals surface area contributed by atoms with Gasteiger partial charge in [-0.3, -0.25) is 0 Å². The Morgan fingerprint density at radius 2 is 2.16 bits per heavy atom. The van der Waals surface area contributed by atoms with Gasteiger partial charge in [0, 0.05) is 19.3 Å². The molecule has 0 bridgehead atoms. The van der Waals surface area contributed by atoms with E-state index in [9.17, 15) is 8.42 Å². The van der Waals surface area contributed by atoms with E-state index < -0.39 is 10.0 Å². The number of sulfonamides is 1. The topological polar surface area (TPSA) is 71.1 Å². The maximum atomic E-state index is 12.3. The molecule has 2 rings (SSSR count). The van der Waals surface area contributed by atoms with Gasteiger partial charge in [-0.15, -0.1) is 0 Å². The van der Waals surface area contributed by atoms with E-state index in [0.717, 1.165) is 6.42 Å². The molecule has 0 amide bonds. The van der Waals surface area contributed by atoms with Gasteiger partial charge in [0.15, 0.2) is 5.03 Å². The first-order valence-electron chi connectivity index (χ1n) is 6.55. The third-order valence-corrected chi connectivity index (χ3v) is 5.01. The molecule has 1 atom stereocenters. The molecule has 1 aromatic heterocycles. The summed E-state index contributed by atoms with van der Waals surface area (Å²) >= 11 is 0. The summed E-state index contributed by atoms with van der Waals surface area (Å²) in [5.41, 5.74) is 0.810. The minimum absolute atomic E-state index is 0.0790. The number of nitrogens with one attached hydrogen (secondary N) is 2. The lowest BCUT2D eigenvalue weighted by Gasteiger charge is -2.11. The van der Waals surface area contributed by atoms with Crippen LogP contribution >= 0.6 is 0 Å². The van der Waals surface area contributed by atoms with Crippen LogP contribution < -0.4 is 10.0 Å². The highest BCUT2D eigenvalue weighted by Gasteiger charge is 2.45. The molecule has 6 heteroatoms. The molecule has 0 spiro atoms. The van der Waals surface area contributed by atoms with Crippen molar-refractivity contribution in [1.82, 2.24) is 9.71 Å². The lowest BCUT2D eigenvalue weighted by molar-refractivity contribution is 0.536. The summed E-state index contributed by atoms with van der Waals surface area (Å²) in [6, 6.07) is 3.45. The van der Waals surface area contributed by atoms with Crippen molar-refractivity contribution in [2.24, 2.45) is 11.3 Å². The Kier molecular flexibility index (Phi) is 3.82. The van der Waals surface area contributed by atoms with Crippen LogP contribution in [0.25, 0.3) is 0 Å². The lowest BCUT2D eigenvalue weighted by Crippen LogP contribution is -2.28. The molecule has 1 aliphatic carbocycles. The standard InChI is InChI=1S/C13H21N3O2S/c1-4-14-11-6-5-7-15-12(11)19(17,18)16-9-10-8-13(10,2)3/h5-7,10,14,16H,4,8-9H2,1-3H3. The van der Waals surface area contributed by atoms with Crippen LogP contribution in [0, 0.1) is 11.3 Å². The fourth-order valence-corrected chi connectivity index (χ4v) is 3.32. The highest BCUT2D eigenvalue weighted by atomic mass is 32.2. The van der Waals surface area contributed by atoms with Crippen molar-refractivity contribution in [2.45, 2.75) is 32.2 Å². The number of hydrogen-bond donors (Lipinski definition) is 2. The highest BCUT2D eigenvalue weighted by Crippen LogP contribution is 2.51. The van der Waals surface area contributed by atoms with Crippen molar-refractivity contribution in [3.63, 3.8) is 0 Å². The van der Waals surface area contributed by atoms with Crippen molar-refractivity contribution in [3.05, 3.63) is 18.3 Å². The molecular weight excluding hydrogens is 262 g/mol. The monoisotopic (exact) mass is 283 g/mol. The number of anilines is 1. The van der Waals surface area contributed by atoms with E-state index in [1.54, 1.807) is 12.1 Å². The fourth-order valence-electron chi connectivity index (χ4n) is 2.13. The Morgan fingerprint density at radius 1 is 1.47 bits per heavy atom. The SMILES string of the molecule is CCNc1cccnc1S(=O)(=O)NCC1CC1(C)C. The minimum atomic E-state index is -3.54. The second-order valence-electron chi connectivity index (χ2n) is 5.63. The molecule has 106 valence electrons. The van der Waals surface area contributed by atoms with Crippen molar-refractivity contribution in [1.29, 1.82) is 0 Å². The van der Waals surface area contributed by atoms with Gasteiger partial charge in [-0.2, -0.15) is 0 Å². The fraction of sp³-hybridized carbons (Fsp3) is 0.615. The van der Waals surface area contributed by atoms with Gasteiger partial charge in [-0.1, -0.05) is 13.8 Å². The normalized spacial score (nSPS) is 21.1. The van der Waals surface area contributed by atoms with Crippen LogP contribution in [0.4, 0.5) is 5.69 Å². The zero-order chi connectivity index (χ0) is 14.1. The van der Waals surface area contributed by atoms with Crippen LogP contribution in [0.3, 0.4) is 0 Å². The van der Waals surface area contributed by atoms with E-state index in [4.69, 9.17) is 0 Å². The summed E-state index contributed by atoms with van der Waals surface area (Å²) in [4.78, 5) is 3.99. The summed E-state index contributed by atoms with van der Waals surface area (Å²) in [7, 11) is -3.54. The maximum absolute atomic E-state index is 12.3. The molecule has 1 saturated carbocycles. The van der Waals surface area contributed by atoms with E-state index in [-0.39, 0.29) is 10.4 Å². The van der Waals surface area contributed by atoms with Gasteiger partial charge in [0.1, 0.15) is 0 Å². The van der Waals surface area contributed by atoms with Gasteiger partial charge in [0.05, 0.1) is 5.69 Å². The van der Waals surface area contributed by atoms with Crippen LogP contribution in [0.1, 0.15) is 27.2 Å². The van der Waals surface area contributed by atoms with E-state index in [0.29, 0.717) is 24.7 Å². The number of pyridine rings is 1. The van der Waals surface area contributed by atoms with Gasteiger partial charge >= 0.3 is 0 Å². The number of hydrogen-bond acceptors (Lipinski definition) is 4. The Bertz CT molecular complexity index is 555. The molecule has 0 aromatic carbocycles. The zero-order valence-corrected chi connectivity index (χ0v) is 12.4. The first-order valence-corrected chi connectivity index (χ1v) is 8.03. The first-order chi connectivity index (χ1) is 8.87. The number of aromatic nitrogens is 1. The molecule has 1 unspecified atom stereocenters. The van der Waals surface area contributed by atoms with E-state index >= 15 is 0 Å². The summed E-state index contributed by atoms with van der Waals surface area (Å²) in [6.07, 6.45) is 2.56. The molecule has 19 heavy (non-hydrogen) atoms. The molecule has 0 aliphatic heterocycles. The van der Waals surface area contributed by atoms with Crippen molar-refractivity contribution < 1.29 is 8.42 Å². The van der Waals surface area contributed by atoms with Gasteiger partial charge < -0.3 is 5.32 Å². The molecular formula is C13H21N3O2S. The predicted octanol–water partition coefficient (Wildman–Crippen LogP) is 1.84. The summed E-state index contributed by atoms with van der Waals surface area (Å²) in [5.74, 6) is 0.425. The van der Waals surface area contributed by atoms with E-state index in [1.807, 2.05) is 6.92 Å². The molecule has 1 fully saturated rings. The van der Waals surface area contributed by atoms with Gasteiger partial charge in [-0.05, 0) is 36.8 Å². The van der Waals surface area contributed by atoms with Crippen LogP contribution in [0.15, 0.2) is 23.4 Å². The predicted molar refractivity (Wildman–Crippen MR) is 75.5 cm³/mol. The Balaban J connectivity index is 2.11. The molecule has 1 aliphatic rings. The zero-order valence-electron chi connectivity index (χ0n) is 11.6. The average molecular weight is 283 g/mol.